The van der Waals surface area contributed by atoms with E-state index in [0.717, 1.165) is 0 Å². The van der Waals surface area contributed by atoms with Crippen molar-refractivity contribution in [3.63, 3.8) is 0 Å². The Morgan fingerprint density at radius 3 is 2.71 bits per heavy atom. The molecule has 7 heavy (non-hydrogen) atoms. The largest absolute Gasteiger partial charge is 0.360 e. The summed E-state index contributed by atoms with van der Waals surface area (Å²) in [5, 5.41) is 0. The molecule has 0 aromatic rings. The molecule has 0 rings (SSSR count). The second-order valence-electron chi connectivity index (χ2n) is 0.769. The summed E-state index contributed by atoms with van der Waals surface area (Å²) in [6.45, 7) is 0. The highest BCUT2D eigenvalue weighted by Crippen LogP contribution is 1.81. The van der Waals surface area contributed by atoms with E-state index in [1.165, 1.54) is 0 Å². The minimum absolute atomic E-state index is 0.285. The fraction of sp³-hybridized carbons (Fsp3) is 0.500. The zero-order valence-electron chi connectivity index (χ0n) is 3.55. The number of carbonyl (C=O) groups is 1. The van der Waals surface area contributed by atoms with Gasteiger partial charge in [-0.25, -0.2) is 4.79 Å². The third kappa shape index (κ3) is 4.05. The molecule has 1 unspecified atom stereocenters. The molecule has 0 spiro atoms. The zero-order valence-corrected chi connectivity index (χ0v) is 5.60. The summed E-state index contributed by atoms with van der Waals surface area (Å²) in [5.74, 6) is -0.347. The minimum atomic E-state index is -0.347. The van der Waals surface area contributed by atoms with Crippen LogP contribution in [0, 0.1) is 0 Å². The first-order valence-corrected chi connectivity index (χ1v) is 2.86. The molecule has 0 aromatic carbocycles. The van der Waals surface area contributed by atoms with Crippen molar-refractivity contribution >= 4 is 28.0 Å². The topological polar surface area (TPSA) is 38.3 Å². The zero-order chi connectivity index (χ0) is 5.70. The van der Waals surface area contributed by atoms with E-state index in [1.807, 2.05) is 4.89 Å². The molecular weight excluding hydrogens is 133 g/mol. The average molecular weight is 139 g/mol. The molecule has 0 saturated heterocycles. The van der Waals surface area contributed by atoms with E-state index in [2.05, 4.69) is 26.9 Å². The fourth-order valence-corrected chi connectivity index (χ4v) is 0.278. The van der Waals surface area contributed by atoms with Gasteiger partial charge in [0.15, 0.2) is 0 Å². The van der Waals surface area contributed by atoms with Crippen molar-refractivity contribution in [1.82, 2.24) is 4.89 Å². The van der Waals surface area contributed by atoms with Gasteiger partial charge in [-0.1, -0.05) is 17.7 Å². The van der Waals surface area contributed by atoms with Crippen LogP contribution in [0.1, 0.15) is 0 Å². The molecule has 0 aliphatic rings. The first kappa shape index (κ1) is 7.21. The van der Waals surface area contributed by atoms with Crippen LogP contribution < -0.4 is 4.89 Å². The van der Waals surface area contributed by atoms with Crippen molar-refractivity contribution in [1.29, 1.82) is 0 Å². The monoisotopic (exact) mass is 139 g/mol. The Morgan fingerprint density at radius 1 is 2.00 bits per heavy atom. The lowest BCUT2D eigenvalue weighted by atomic mass is 10.8. The average Bonchev–Trinajstić information content (AvgIpc) is 1.68. The Bertz CT molecular complexity index is 68.7. The number of carbonyl (C=O) groups excluding carboxylic acids is 1. The number of hydrogen-bond donors (Lipinski definition) is 2. The summed E-state index contributed by atoms with van der Waals surface area (Å²) in [4.78, 5) is 16.2. The van der Waals surface area contributed by atoms with Crippen LogP contribution >= 0.6 is 22.1 Å². The predicted octanol–water partition coefficient (Wildman–Crippen LogP) is -0.246. The maximum atomic E-state index is 10.1. The third-order valence-corrected chi connectivity index (χ3v) is 0.751. The second kappa shape index (κ2) is 4.37. The van der Waals surface area contributed by atoms with Gasteiger partial charge in [0.1, 0.15) is 0 Å². The first-order valence-electron chi connectivity index (χ1n) is 1.60. The molecular formula is C2H6NO2PS. The molecule has 0 fully saturated rings. The summed E-state index contributed by atoms with van der Waals surface area (Å²) in [5.41, 5.74) is 0. The van der Waals surface area contributed by atoms with E-state index in [9.17, 15) is 4.79 Å². The van der Waals surface area contributed by atoms with Crippen LogP contribution in [0.15, 0.2) is 0 Å². The van der Waals surface area contributed by atoms with Gasteiger partial charge in [0.05, 0.1) is 6.16 Å². The van der Waals surface area contributed by atoms with Crippen molar-refractivity contribution in [3.05, 3.63) is 0 Å². The second-order valence-corrected chi connectivity index (χ2v) is 1.36. The van der Waals surface area contributed by atoms with Crippen LogP contribution in [0.2, 0.25) is 0 Å². The molecule has 0 aliphatic heterocycles. The number of hydrogen-bond acceptors (Lipinski definition) is 4. The lowest BCUT2D eigenvalue weighted by Gasteiger charge is -1.93. The Hall–Kier alpha value is 0.210. The highest BCUT2D eigenvalue weighted by Gasteiger charge is 1.92. The van der Waals surface area contributed by atoms with Gasteiger partial charge < -0.3 is 4.84 Å². The minimum Gasteiger partial charge on any atom is -0.360 e. The van der Waals surface area contributed by atoms with Crippen LogP contribution in [0.3, 0.4) is 0 Å². The Labute approximate surface area is 49.5 Å². The molecule has 0 radical (unpaired) electrons. The van der Waals surface area contributed by atoms with Gasteiger partial charge in [-0.3, -0.25) is 0 Å². The van der Waals surface area contributed by atoms with Gasteiger partial charge in [-0.2, -0.15) is 0 Å². The SMILES string of the molecule is O=C(CP)ONS. The van der Waals surface area contributed by atoms with E-state index in [4.69, 9.17) is 0 Å². The Balaban J connectivity index is 3.00. The van der Waals surface area contributed by atoms with Crippen molar-refractivity contribution < 1.29 is 9.63 Å². The summed E-state index contributed by atoms with van der Waals surface area (Å²) in [7, 11) is 2.22. The highest BCUT2D eigenvalue weighted by molar-refractivity contribution is 7.77. The lowest BCUT2D eigenvalue weighted by molar-refractivity contribution is -0.143. The van der Waals surface area contributed by atoms with Gasteiger partial charge in [0, 0.05) is 0 Å². The van der Waals surface area contributed by atoms with Crippen molar-refractivity contribution in [2.45, 2.75) is 0 Å². The van der Waals surface area contributed by atoms with Crippen molar-refractivity contribution in [2.24, 2.45) is 0 Å². The van der Waals surface area contributed by atoms with Crippen LogP contribution in [-0.2, 0) is 9.63 Å². The molecule has 0 aromatic heterocycles. The van der Waals surface area contributed by atoms with E-state index >= 15 is 0 Å². The summed E-state index contributed by atoms with van der Waals surface area (Å²) in [6.07, 6.45) is 0.285. The quantitative estimate of drug-likeness (QED) is 0.315. The molecule has 0 bridgehead atoms. The van der Waals surface area contributed by atoms with Crippen LogP contribution in [0.25, 0.3) is 0 Å². The molecule has 42 valence electrons. The molecule has 1 atom stereocenters. The molecule has 1 N–H and O–H groups in total. The van der Waals surface area contributed by atoms with Gasteiger partial charge in [0.2, 0.25) is 0 Å². The summed E-state index contributed by atoms with van der Waals surface area (Å²) >= 11 is 3.41. The maximum absolute atomic E-state index is 10.1. The van der Waals surface area contributed by atoms with E-state index < -0.39 is 0 Å². The third-order valence-electron chi connectivity index (χ3n) is 0.326. The summed E-state index contributed by atoms with van der Waals surface area (Å²) < 4.78 is 0. The molecule has 5 heteroatoms. The number of thiol groups is 1. The van der Waals surface area contributed by atoms with E-state index in [1.54, 1.807) is 0 Å². The molecule has 0 aliphatic carbocycles. The molecule has 0 heterocycles. The van der Waals surface area contributed by atoms with Gasteiger partial charge in [-0.05, 0) is 0 Å². The molecule has 0 amide bonds. The molecule has 0 saturated carbocycles. The highest BCUT2D eigenvalue weighted by atomic mass is 32.1. The maximum Gasteiger partial charge on any atom is 0.329 e. The standard InChI is InChI=1S/C2H6NO2PS/c4-2(1-6)5-3-7/h3,7H,1,6H2. The Kier molecular flexibility index (Phi) is 4.50. The van der Waals surface area contributed by atoms with Gasteiger partial charge in [0.25, 0.3) is 0 Å². The van der Waals surface area contributed by atoms with E-state index in [0.29, 0.717) is 0 Å². The normalized spacial score (nSPS) is 8.29. The van der Waals surface area contributed by atoms with Crippen molar-refractivity contribution in [3.8, 4) is 0 Å². The van der Waals surface area contributed by atoms with Crippen LogP contribution in [0.5, 0.6) is 0 Å². The van der Waals surface area contributed by atoms with Gasteiger partial charge in [-0.15, -0.1) is 9.24 Å². The van der Waals surface area contributed by atoms with Crippen LogP contribution in [-0.4, -0.2) is 12.1 Å². The van der Waals surface area contributed by atoms with E-state index in [-0.39, 0.29) is 12.1 Å². The fourth-order valence-electron chi connectivity index (χ4n) is 0.0926. The number of rotatable bonds is 2. The lowest BCUT2D eigenvalue weighted by Crippen LogP contribution is -2.11. The first-order chi connectivity index (χ1) is 3.31. The van der Waals surface area contributed by atoms with Gasteiger partial charge >= 0.3 is 5.97 Å². The molecule has 3 nitrogen and oxygen atoms in total. The number of nitrogens with one attached hydrogen (secondary N) is 1. The Morgan fingerprint density at radius 2 is 2.57 bits per heavy atom. The summed E-state index contributed by atoms with van der Waals surface area (Å²) in [6, 6.07) is 0. The van der Waals surface area contributed by atoms with Crippen LogP contribution in [0.4, 0.5) is 0 Å². The van der Waals surface area contributed by atoms with Crippen molar-refractivity contribution in [2.75, 3.05) is 6.16 Å². The smallest absolute Gasteiger partial charge is 0.329 e. The predicted molar refractivity (Wildman–Crippen MR) is 32.8 cm³/mol.